The van der Waals surface area contributed by atoms with E-state index >= 15 is 0 Å². The fraction of sp³-hybridized carbons (Fsp3) is 0.381. The van der Waals surface area contributed by atoms with Crippen molar-refractivity contribution < 1.29 is 27.5 Å². The van der Waals surface area contributed by atoms with E-state index < -0.39 is 29.8 Å². The molecule has 0 saturated carbocycles. The summed E-state index contributed by atoms with van der Waals surface area (Å²) in [5.74, 6) is -1.10. The number of piperidine rings is 1. The largest absolute Gasteiger partial charge is 0.484 e. The molecule has 0 spiro atoms. The molecule has 0 aliphatic carbocycles. The van der Waals surface area contributed by atoms with Crippen LogP contribution in [0.5, 0.6) is 5.75 Å². The molecule has 31 heavy (non-hydrogen) atoms. The number of benzene rings is 1. The molecule has 0 bridgehead atoms. The molecule has 1 saturated heterocycles. The first-order chi connectivity index (χ1) is 14.6. The molecule has 3 rings (SSSR count). The van der Waals surface area contributed by atoms with Crippen LogP contribution in [0.1, 0.15) is 35.2 Å². The topological polar surface area (TPSA) is 80.6 Å². The molecule has 0 atom stereocenters. The molecule has 2 aromatic rings. The molecule has 0 unspecified atom stereocenters. The number of pyridine rings is 1. The number of carbonyl (C=O) groups excluding carboxylic acids is 2. The van der Waals surface area contributed by atoms with Crippen molar-refractivity contribution in [3.8, 4) is 5.75 Å². The van der Waals surface area contributed by atoms with Gasteiger partial charge in [0.15, 0.2) is 6.61 Å². The van der Waals surface area contributed by atoms with Crippen molar-refractivity contribution in [2.75, 3.05) is 25.0 Å². The summed E-state index contributed by atoms with van der Waals surface area (Å²) in [6, 6.07) is 5.44. The lowest BCUT2D eigenvalue weighted by molar-refractivity contribution is -0.137. The molecule has 1 aromatic heterocycles. The van der Waals surface area contributed by atoms with Crippen molar-refractivity contribution in [2.24, 2.45) is 7.05 Å². The molecule has 166 valence electrons. The van der Waals surface area contributed by atoms with Crippen LogP contribution in [0.2, 0.25) is 0 Å². The van der Waals surface area contributed by atoms with Gasteiger partial charge in [-0.2, -0.15) is 13.2 Å². The molecule has 0 radical (unpaired) electrons. The van der Waals surface area contributed by atoms with E-state index in [0.29, 0.717) is 13.1 Å². The lowest BCUT2D eigenvalue weighted by Gasteiger charge is -2.27. The molecule has 2 heterocycles. The number of aromatic nitrogens is 1. The number of nitrogens with zero attached hydrogens (tertiary/aromatic N) is 2. The number of halogens is 3. The van der Waals surface area contributed by atoms with E-state index in [1.54, 1.807) is 4.90 Å². The summed E-state index contributed by atoms with van der Waals surface area (Å²) in [5, 5.41) is 2.37. The second-order valence-electron chi connectivity index (χ2n) is 7.27. The molecule has 1 aliphatic rings. The predicted octanol–water partition coefficient (Wildman–Crippen LogP) is 3.05. The van der Waals surface area contributed by atoms with Gasteiger partial charge in [-0.1, -0.05) is 6.07 Å². The van der Waals surface area contributed by atoms with Crippen LogP contribution in [0.4, 0.5) is 18.9 Å². The van der Waals surface area contributed by atoms with Crippen molar-refractivity contribution in [3.63, 3.8) is 0 Å². The quantitative estimate of drug-likeness (QED) is 0.780. The van der Waals surface area contributed by atoms with E-state index in [4.69, 9.17) is 4.74 Å². The molecule has 1 aliphatic heterocycles. The van der Waals surface area contributed by atoms with Gasteiger partial charge < -0.3 is 19.5 Å². The Morgan fingerprint density at radius 2 is 1.84 bits per heavy atom. The Kier molecular flexibility index (Phi) is 6.67. The second-order valence-corrected chi connectivity index (χ2v) is 7.27. The smallest absolute Gasteiger partial charge is 0.416 e. The maximum absolute atomic E-state index is 12.8. The van der Waals surface area contributed by atoms with Crippen molar-refractivity contribution in [1.29, 1.82) is 0 Å². The Morgan fingerprint density at radius 1 is 1.13 bits per heavy atom. The zero-order valence-corrected chi connectivity index (χ0v) is 16.9. The Morgan fingerprint density at radius 3 is 2.52 bits per heavy atom. The number of aryl methyl sites for hydroxylation is 1. The van der Waals surface area contributed by atoms with Crippen LogP contribution in [0.15, 0.2) is 41.3 Å². The summed E-state index contributed by atoms with van der Waals surface area (Å²) in [6.45, 7) is 0.664. The molecular formula is C21H22F3N3O4. The average molecular weight is 437 g/mol. The van der Waals surface area contributed by atoms with E-state index in [9.17, 15) is 27.6 Å². The minimum absolute atomic E-state index is 0.108. The maximum Gasteiger partial charge on any atom is 0.416 e. The highest BCUT2D eigenvalue weighted by Gasteiger charge is 2.30. The summed E-state index contributed by atoms with van der Waals surface area (Å²) in [7, 11) is 1.46. The van der Waals surface area contributed by atoms with Crippen molar-refractivity contribution in [2.45, 2.75) is 25.4 Å². The van der Waals surface area contributed by atoms with E-state index in [1.165, 1.54) is 36.0 Å². The van der Waals surface area contributed by atoms with E-state index in [0.717, 1.165) is 31.4 Å². The highest BCUT2D eigenvalue weighted by molar-refractivity contribution is 5.97. The lowest BCUT2D eigenvalue weighted by Crippen LogP contribution is -2.36. The van der Waals surface area contributed by atoms with Crippen molar-refractivity contribution in [1.82, 2.24) is 9.47 Å². The van der Waals surface area contributed by atoms with Crippen LogP contribution in [-0.4, -0.2) is 41.0 Å². The van der Waals surface area contributed by atoms with Gasteiger partial charge in [-0.05, 0) is 43.5 Å². The molecular weight excluding hydrogens is 415 g/mol. The average Bonchev–Trinajstić information content (AvgIpc) is 2.75. The van der Waals surface area contributed by atoms with Gasteiger partial charge in [0.2, 0.25) is 0 Å². The monoisotopic (exact) mass is 437 g/mol. The lowest BCUT2D eigenvalue weighted by atomic mass is 10.1. The van der Waals surface area contributed by atoms with Crippen LogP contribution < -0.4 is 15.6 Å². The third-order valence-electron chi connectivity index (χ3n) is 4.88. The predicted molar refractivity (Wildman–Crippen MR) is 107 cm³/mol. The fourth-order valence-corrected chi connectivity index (χ4v) is 3.30. The van der Waals surface area contributed by atoms with E-state index in [-0.39, 0.29) is 22.9 Å². The van der Waals surface area contributed by atoms with Gasteiger partial charge in [-0.25, -0.2) is 0 Å². The number of hydrogen-bond donors (Lipinski definition) is 1. The summed E-state index contributed by atoms with van der Waals surface area (Å²) in [4.78, 5) is 39.0. The van der Waals surface area contributed by atoms with Gasteiger partial charge in [-0.3, -0.25) is 14.4 Å². The summed E-state index contributed by atoms with van der Waals surface area (Å²) < 4.78 is 44.6. The van der Waals surface area contributed by atoms with E-state index in [2.05, 4.69) is 5.32 Å². The third-order valence-corrected chi connectivity index (χ3v) is 4.88. The number of likely N-dealkylation sites (tertiary alicyclic amines) is 1. The fourth-order valence-electron chi connectivity index (χ4n) is 3.30. The molecule has 10 heteroatoms. The standard InChI is InChI=1S/C21H22F3N3O4/c1-26-12-14(19(29)27-8-3-2-4-9-27)10-17(20(26)30)25-18(28)13-31-16-7-5-6-15(11-16)21(22,23)24/h5-7,10-12H,2-4,8-9,13H2,1H3,(H,25,28). The Hall–Kier alpha value is -3.30. The number of anilines is 1. The first-order valence-electron chi connectivity index (χ1n) is 9.75. The number of amides is 2. The number of nitrogens with one attached hydrogen (secondary N) is 1. The Bertz CT molecular complexity index is 1030. The number of alkyl halides is 3. The third kappa shape index (κ3) is 5.65. The maximum atomic E-state index is 12.8. The van der Waals surface area contributed by atoms with Crippen LogP contribution in [0.3, 0.4) is 0 Å². The van der Waals surface area contributed by atoms with Gasteiger partial charge in [0, 0.05) is 26.3 Å². The molecule has 7 nitrogen and oxygen atoms in total. The summed E-state index contributed by atoms with van der Waals surface area (Å²) >= 11 is 0. The Balaban J connectivity index is 1.69. The zero-order valence-electron chi connectivity index (χ0n) is 16.9. The number of rotatable bonds is 5. The molecule has 1 aromatic carbocycles. The van der Waals surface area contributed by atoms with Crippen LogP contribution >= 0.6 is 0 Å². The normalized spacial score (nSPS) is 14.3. The van der Waals surface area contributed by atoms with Crippen molar-refractivity contribution in [3.05, 3.63) is 58.0 Å². The summed E-state index contributed by atoms with van der Waals surface area (Å²) in [5.41, 5.74) is -1.27. The highest BCUT2D eigenvalue weighted by Crippen LogP contribution is 2.31. The zero-order chi connectivity index (χ0) is 22.6. The van der Waals surface area contributed by atoms with Crippen LogP contribution in [-0.2, 0) is 18.0 Å². The molecule has 2 amide bonds. The SMILES string of the molecule is Cn1cc(C(=O)N2CCCCC2)cc(NC(=O)COc2cccc(C(F)(F)F)c2)c1=O. The minimum atomic E-state index is -4.53. The second kappa shape index (κ2) is 9.23. The van der Waals surface area contributed by atoms with Crippen LogP contribution in [0, 0.1) is 0 Å². The Labute approximate surface area is 176 Å². The van der Waals surface area contributed by atoms with Gasteiger partial charge in [0.1, 0.15) is 11.4 Å². The van der Waals surface area contributed by atoms with E-state index in [1.807, 2.05) is 0 Å². The first-order valence-corrected chi connectivity index (χ1v) is 9.75. The van der Waals surface area contributed by atoms with Gasteiger partial charge in [0.25, 0.3) is 17.4 Å². The molecule has 1 fully saturated rings. The number of carbonyl (C=O) groups is 2. The van der Waals surface area contributed by atoms with Gasteiger partial charge in [-0.15, -0.1) is 0 Å². The first kappa shape index (κ1) is 22.4. The highest BCUT2D eigenvalue weighted by atomic mass is 19.4. The molecule has 1 N–H and O–H groups in total. The minimum Gasteiger partial charge on any atom is -0.484 e. The summed E-state index contributed by atoms with van der Waals surface area (Å²) in [6.07, 6.45) is -0.241. The van der Waals surface area contributed by atoms with Gasteiger partial charge in [0.05, 0.1) is 11.1 Å². The number of ether oxygens (including phenoxy) is 1. The van der Waals surface area contributed by atoms with Crippen LogP contribution in [0.25, 0.3) is 0 Å². The van der Waals surface area contributed by atoms with Crippen molar-refractivity contribution >= 4 is 17.5 Å². The number of hydrogen-bond acceptors (Lipinski definition) is 4. The van der Waals surface area contributed by atoms with Gasteiger partial charge >= 0.3 is 6.18 Å².